The van der Waals surface area contributed by atoms with E-state index in [9.17, 15) is 4.39 Å². The van der Waals surface area contributed by atoms with Gasteiger partial charge in [0.1, 0.15) is 5.82 Å². The molecular weight excluding hydrogens is 383 g/mol. The zero-order valence-corrected chi connectivity index (χ0v) is 16.9. The monoisotopic (exact) mass is 406 g/mol. The summed E-state index contributed by atoms with van der Waals surface area (Å²) in [5, 5.41) is 4.28. The predicted octanol–water partition coefficient (Wildman–Crippen LogP) is 4.93. The maximum Gasteiger partial charge on any atom is 0.170 e. The summed E-state index contributed by atoms with van der Waals surface area (Å²) in [6.07, 6.45) is 8.45. The van der Waals surface area contributed by atoms with E-state index >= 15 is 0 Å². The summed E-state index contributed by atoms with van der Waals surface area (Å²) < 4.78 is 16.6. The molecule has 0 unspecified atom stereocenters. The first kappa shape index (κ1) is 18.3. The lowest BCUT2D eigenvalue weighted by atomic mass is 9.99. The van der Waals surface area contributed by atoms with Crippen molar-refractivity contribution in [2.75, 3.05) is 0 Å². The zero-order chi connectivity index (χ0) is 19.8. The smallest absolute Gasteiger partial charge is 0.170 e. The molecule has 2 fully saturated rings. The molecule has 1 aliphatic carbocycles. The molecule has 4 nitrogen and oxygen atoms in total. The highest BCUT2D eigenvalue weighted by molar-refractivity contribution is 7.80. The van der Waals surface area contributed by atoms with Crippen LogP contribution in [0.1, 0.15) is 49.2 Å². The Morgan fingerprint density at radius 3 is 2.55 bits per heavy atom. The van der Waals surface area contributed by atoms with Crippen molar-refractivity contribution in [2.45, 2.75) is 43.8 Å². The SMILES string of the molecule is Fc1ccccc1-n1cccc1[C@H]1[C@@H](c2ccccn2)NC(=S)N1C1CCCC1. The maximum absolute atomic E-state index is 14.6. The molecule has 3 aromatic rings. The van der Waals surface area contributed by atoms with Crippen LogP contribution in [-0.4, -0.2) is 25.6 Å². The van der Waals surface area contributed by atoms with Crippen LogP contribution in [0.25, 0.3) is 5.69 Å². The quantitative estimate of drug-likeness (QED) is 0.623. The van der Waals surface area contributed by atoms with E-state index in [-0.39, 0.29) is 17.9 Å². The lowest BCUT2D eigenvalue weighted by molar-refractivity contribution is 0.239. The van der Waals surface area contributed by atoms with Crippen LogP contribution in [0.4, 0.5) is 4.39 Å². The maximum atomic E-state index is 14.6. The summed E-state index contributed by atoms with van der Waals surface area (Å²) in [6, 6.07) is 17.2. The normalized spacial score (nSPS) is 22.2. The van der Waals surface area contributed by atoms with Crippen LogP contribution in [0.5, 0.6) is 0 Å². The molecule has 2 aromatic heterocycles. The van der Waals surface area contributed by atoms with Crippen LogP contribution in [0.2, 0.25) is 0 Å². The minimum Gasteiger partial charge on any atom is -0.352 e. The van der Waals surface area contributed by atoms with Crippen molar-refractivity contribution < 1.29 is 4.39 Å². The summed E-state index contributed by atoms with van der Waals surface area (Å²) in [5.74, 6) is -0.236. The zero-order valence-electron chi connectivity index (χ0n) is 16.0. The first-order valence-corrected chi connectivity index (χ1v) is 10.6. The summed E-state index contributed by atoms with van der Waals surface area (Å²) >= 11 is 5.79. The van der Waals surface area contributed by atoms with Crippen molar-refractivity contribution in [1.29, 1.82) is 0 Å². The van der Waals surface area contributed by atoms with Crippen LogP contribution < -0.4 is 5.32 Å². The molecule has 0 bridgehead atoms. The Balaban J connectivity index is 1.64. The number of rotatable bonds is 4. The van der Waals surface area contributed by atoms with Crippen molar-refractivity contribution >= 4 is 17.3 Å². The minimum atomic E-state index is -0.236. The largest absolute Gasteiger partial charge is 0.352 e. The lowest BCUT2D eigenvalue weighted by Crippen LogP contribution is -2.38. The number of nitrogens with one attached hydrogen (secondary N) is 1. The van der Waals surface area contributed by atoms with Crippen LogP contribution in [-0.2, 0) is 0 Å². The third-order valence-electron chi connectivity index (χ3n) is 6.05. The average Bonchev–Trinajstić information content (AvgIpc) is 3.48. The summed E-state index contributed by atoms with van der Waals surface area (Å²) in [6.45, 7) is 0. The summed E-state index contributed by atoms with van der Waals surface area (Å²) in [7, 11) is 0. The van der Waals surface area contributed by atoms with Gasteiger partial charge in [0.15, 0.2) is 5.11 Å². The molecule has 1 aliphatic heterocycles. The topological polar surface area (TPSA) is 33.1 Å². The van der Waals surface area contributed by atoms with Crippen molar-refractivity contribution in [3.8, 4) is 5.69 Å². The van der Waals surface area contributed by atoms with Gasteiger partial charge in [0.05, 0.1) is 23.5 Å². The lowest BCUT2D eigenvalue weighted by Gasteiger charge is -2.33. The molecule has 1 saturated carbocycles. The first-order chi connectivity index (χ1) is 14.2. The first-order valence-electron chi connectivity index (χ1n) is 10.2. The van der Waals surface area contributed by atoms with Crippen molar-refractivity contribution in [3.63, 3.8) is 0 Å². The minimum absolute atomic E-state index is 0.0462. The van der Waals surface area contributed by atoms with E-state index in [4.69, 9.17) is 12.2 Å². The Kier molecular flexibility index (Phi) is 4.79. The number of hydrogen-bond acceptors (Lipinski definition) is 2. The average molecular weight is 407 g/mol. The van der Waals surface area contributed by atoms with Crippen molar-refractivity contribution in [2.24, 2.45) is 0 Å². The summed E-state index contributed by atoms with van der Waals surface area (Å²) in [5.41, 5.74) is 2.52. The highest BCUT2D eigenvalue weighted by Crippen LogP contribution is 2.43. The van der Waals surface area contributed by atoms with E-state index < -0.39 is 0 Å². The van der Waals surface area contributed by atoms with Gasteiger partial charge in [0.2, 0.25) is 0 Å². The van der Waals surface area contributed by atoms with E-state index in [1.54, 1.807) is 6.07 Å². The molecule has 5 rings (SSSR count). The number of halogens is 1. The highest BCUT2D eigenvalue weighted by atomic mass is 32.1. The fraction of sp³-hybridized carbons (Fsp3) is 0.304. The second-order valence-corrected chi connectivity index (χ2v) is 8.11. The van der Waals surface area contributed by atoms with E-state index in [0.717, 1.165) is 29.3 Å². The molecule has 3 heterocycles. The molecule has 6 heteroatoms. The van der Waals surface area contributed by atoms with Crippen LogP contribution in [0, 0.1) is 5.82 Å². The van der Waals surface area contributed by atoms with Gasteiger partial charge in [-0.3, -0.25) is 4.98 Å². The Bertz CT molecular complexity index is 1010. The molecule has 0 radical (unpaired) electrons. The van der Waals surface area contributed by atoms with Gasteiger partial charge in [0, 0.05) is 24.1 Å². The third kappa shape index (κ3) is 3.21. The van der Waals surface area contributed by atoms with E-state index in [2.05, 4.69) is 21.3 Å². The van der Waals surface area contributed by atoms with E-state index in [0.29, 0.717) is 11.7 Å². The number of aromatic nitrogens is 2. The van der Waals surface area contributed by atoms with E-state index in [1.807, 2.05) is 53.4 Å². The number of thiocarbonyl (C=S) groups is 1. The van der Waals surface area contributed by atoms with Gasteiger partial charge >= 0.3 is 0 Å². The van der Waals surface area contributed by atoms with Gasteiger partial charge in [0.25, 0.3) is 0 Å². The molecule has 29 heavy (non-hydrogen) atoms. The van der Waals surface area contributed by atoms with Crippen molar-refractivity contribution in [3.05, 3.63) is 84.2 Å². The van der Waals surface area contributed by atoms with Gasteiger partial charge in [-0.05, 0) is 61.5 Å². The Labute approximate surface area is 175 Å². The second kappa shape index (κ2) is 7.59. The molecule has 1 aromatic carbocycles. The molecule has 148 valence electrons. The fourth-order valence-electron chi connectivity index (χ4n) is 4.76. The molecule has 1 saturated heterocycles. The molecule has 2 aliphatic rings. The number of pyridine rings is 1. The number of para-hydroxylation sites is 1. The summed E-state index contributed by atoms with van der Waals surface area (Å²) in [4.78, 5) is 6.95. The van der Waals surface area contributed by atoms with Crippen LogP contribution in [0.15, 0.2) is 67.0 Å². The van der Waals surface area contributed by atoms with Crippen LogP contribution >= 0.6 is 12.2 Å². The van der Waals surface area contributed by atoms with Crippen LogP contribution in [0.3, 0.4) is 0 Å². The molecular formula is C23H23FN4S. The molecule has 1 N–H and O–H groups in total. The number of nitrogens with zero attached hydrogens (tertiary/aromatic N) is 3. The number of benzene rings is 1. The Hall–Kier alpha value is -2.73. The highest BCUT2D eigenvalue weighted by Gasteiger charge is 2.44. The number of hydrogen-bond donors (Lipinski definition) is 1. The van der Waals surface area contributed by atoms with Gasteiger partial charge in [-0.1, -0.05) is 31.0 Å². The molecule has 0 spiro atoms. The fourth-order valence-corrected chi connectivity index (χ4v) is 5.15. The molecule has 2 atom stereocenters. The molecule has 0 amide bonds. The van der Waals surface area contributed by atoms with Gasteiger partial charge in [-0.2, -0.15) is 0 Å². The Morgan fingerprint density at radius 2 is 1.79 bits per heavy atom. The Morgan fingerprint density at radius 1 is 1.00 bits per heavy atom. The van der Waals surface area contributed by atoms with Gasteiger partial charge in [-0.15, -0.1) is 0 Å². The van der Waals surface area contributed by atoms with E-state index in [1.165, 1.54) is 18.9 Å². The van der Waals surface area contributed by atoms with Gasteiger partial charge < -0.3 is 14.8 Å². The third-order valence-corrected chi connectivity index (χ3v) is 6.38. The van der Waals surface area contributed by atoms with Gasteiger partial charge in [-0.25, -0.2) is 4.39 Å². The standard InChI is InChI=1S/C23H23FN4S/c24-17-10-3-4-12-19(17)27-15-7-13-20(27)22-21(18-11-5-6-14-25-18)26-23(29)28(22)16-8-1-2-9-16/h3-7,10-16,21-22H,1-2,8-9H2,(H,26,29)/t21-,22+/m1/s1. The second-order valence-electron chi connectivity index (χ2n) is 7.73. The predicted molar refractivity (Wildman–Crippen MR) is 115 cm³/mol. The van der Waals surface area contributed by atoms with Crippen molar-refractivity contribution in [1.82, 2.24) is 19.8 Å².